The van der Waals surface area contributed by atoms with E-state index < -0.39 is 0 Å². The normalized spacial score (nSPS) is 20.4. The summed E-state index contributed by atoms with van der Waals surface area (Å²) < 4.78 is 6.30. The van der Waals surface area contributed by atoms with Crippen molar-refractivity contribution < 1.29 is 4.74 Å². The molecule has 1 aliphatic heterocycles. The minimum Gasteiger partial charge on any atom is -0.488 e. The first-order valence-corrected chi connectivity index (χ1v) is 8.24. The van der Waals surface area contributed by atoms with Crippen LogP contribution in [0.3, 0.4) is 0 Å². The molecule has 0 saturated carbocycles. The fraction of sp³-hybridized carbons (Fsp3) is 0.625. The van der Waals surface area contributed by atoms with E-state index in [9.17, 15) is 0 Å². The van der Waals surface area contributed by atoms with E-state index in [-0.39, 0.29) is 6.10 Å². The second-order valence-electron chi connectivity index (χ2n) is 5.46. The molecule has 1 unspecified atom stereocenters. The molecule has 1 aromatic rings. The van der Waals surface area contributed by atoms with Crippen LogP contribution in [0.25, 0.3) is 0 Å². The molecular formula is C16H23Cl2NO. The van der Waals surface area contributed by atoms with Crippen molar-refractivity contribution in [2.24, 2.45) is 11.8 Å². The summed E-state index contributed by atoms with van der Waals surface area (Å²) in [4.78, 5) is 0. The molecule has 2 atom stereocenters. The highest BCUT2D eigenvalue weighted by Crippen LogP contribution is 2.35. The lowest BCUT2D eigenvalue weighted by atomic mass is 9.86. The standard InChI is InChI=1S/C16H23Cl2NO/c1-3-11(4-2)16(12-8-9-19-10-12)20-14-7-5-6-13(17)15(14)18/h5-7,11-12,16,19H,3-4,8-10H2,1-2H3/t12?,16-/m0/s1. The van der Waals surface area contributed by atoms with Crippen molar-refractivity contribution in [3.05, 3.63) is 28.2 Å². The fourth-order valence-electron chi connectivity index (χ4n) is 3.01. The predicted molar refractivity (Wildman–Crippen MR) is 85.9 cm³/mol. The Balaban J connectivity index is 2.20. The summed E-state index contributed by atoms with van der Waals surface area (Å²) >= 11 is 12.3. The summed E-state index contributed by atoms with van der Waals surface area (Å²) in [7, 11) is 0. The molecule has 112 valence electrons. The number of nitrogens with one attached hydrogen (secondary N) is 1. The minimum atomic E-state index is 0.205. The molecule has 1 N–H and O–H groups in total. The molecule has 2 nitrogen and oxygen atoms in total. The van der Waals surface area contributed by atoms with Gasteiger partial charge in [0.1, 0.15) is 16.9 Å². The van der Waals surface area contributed by atoms with Crippen molar-refractivity contribution in [3.8, 4) is 5.75 Å². The van der Waals surface area contributed by atoms with Gasteiger partial charge in [0, 0.05) is 12.5 Å². The van der Waals surface area contributed by atoms with Gasteiger partial charge in [-0.05, 0) is 43.9 Å². The van der Waals surface area contributed by atoms with Crippen molar-refractivity contribution in [3.63, 3.8) is 0 Å². The van der Waals surface area contributed by atoms with Crippen LogP contribution in [0.15, 0.2) is 18.2 Å². The van der Waals surface area contributed by atoms with E-state index in [4.69, 9.17) is 27.9 Å². The maximum Gasteiger partial charge on any atom is 0.139 e. The maximum atomic E-state index is 6.30. The second kappa shape index (κ2) is 7.53. The van der Waals surface area contributed by atoms with Gasteiger partial charge in [0.25, 0.3) is 0 Å². The van der Waals surface area contributed by atoms with E-state index >= 15 is 0 Å². The fourth-order valence-corrected chi connectivity index (χ4v) is 3.35. The molecule has 2 rings (SSSR count). The van der Waals surface area contributed by atoms with E-state index in [0.717, 1.165) is 25.9 Å². The van der Waals surface area contributed by atoms with Crippen LogP contribution in [0.2, 0.25) is 10.0 Å². The number of hydrogen-bond acceptors (Lipinski definition) is 2. The van der Waals surface area contributed by atoms with Crippen LogP contribution in [0.5, 0.6) is 5.75 Å². The van der Waals surface area contributed by atoms with Gasteiger partial charge in [-0.2, -0.15) is 0 Å². The number of ether oxygens (including phenoxy) is 1. The number of rotatable bonds is 6. The molecule has 1 saturated heterocycles. The van der Waals surface area contributed by atoms with Crippen molar-refractivity contribution in [2.45, 2.75) is 39.2 Å². The van der Waals surface area contributed by atoms with Gasteiger partial charge in [-0.25, -0.2) is 0 Å². The first kappa shape index (κ1) is 15.9. The summed E-state index contributed by atoms with van der Waals surface area (Å²) in [6, 6.07) is 5.59. The molecular weight excluding hydrogens is 293 g/mol. The van der Waals surface area contributed by atoms with Gasteiger partial charge in [0.05, 0.1) is 5.02 Å². The number of hydrogen-bond donors (Lipinski definition) is 1. The molecule has 0 radical (unpaired) electrons. The molecule has 1 fully saturated rings. The summed E-state index contributed by atoms with van der Waals surface area (Å²) in [6.45, 7) is 6.56. The third-order valence-electron chi connectivity index (χ3n) is 4.26. The first-order valence-electron chi connectivity index (χ1n) is 7.48. The Kier molecular flexibility index (Phi) is 6.01. The zero-order valence-electron chi connectivity index (χ0n) is 12.2. The maximum absolute atomic E-state index is 6.30. The quantitative estimate of drug-likeness (QED) is 0.815. The number of benzene rings is 1. The van der Waals surface area contributed by atoms with Gasteiger partial charge in [0.2, 0.25) is 0 Å². The van der Waals surface area contributed by atoms with Gasteiger partial charge in [0.15, 0.2) is 0 Å². The highest BCUT2D eigenvalue weighted by atomic mass is 35.5. The van der Waals surface area contributed by atoms with E-state index in [2.05, 4.69) is 19.2 Å². The molecule has 0 bridgehead atoms. The molecule has 0 aromatic heterocycles. The van der Waals surface area contributed by atoms with Crippen LogP contribution in [0.4, 0.5) is 0 Å². The molecule has 1 heterocycles. The Hall–Kier alpha value is -0.440. The highest BCUT2D eigenvalue weighted by molar-refractivity contribution is 6.42. The molecule has 0 spiro atoms. The first-order chi connectivity index (χ1) is 9.67. The van der Waals surface area contributed by atoms with Gasteiger partial charge in [-0.1, -0.05) is 43.1 Å². The lowest BCUT2D eigenvalue weighted by molar-refractivity contribution is 0.0774. The van der Waals surface area contributed by atoms with Crippen LogP contribution in [-0.4, -0.2) is 19.2 Å². The molecule has 0 aliphatic carbocycles. The molecule has 1 aromatic carbocycles. The molecule has 1 aliphatic rings. The Morgan fingerprint density at radius 2 is 2.05 bits per heavy atom. The van der Waals surface area contributed by atoms with Gasteiger partial charge >= 0.3 is 0 Å². The van der Waals surface area contributed by atoms with Crippen LogP contribution < -0.4 is 10.1 Å². The topological polar surface area (TPSA) is 21.3 Å². The average molecular weight is 316 g/mol. The van der Waals surface area contributed by atoms with E-state index in [0.29, 0.717) is 27.6 Å². The van der Waals surface area contributed by atoms with E-state index in [1.165, 1.54) is 6.42 Å². The summed E-state index contributed by atoms with van der Waals surface area (Å²) in [6.07, 6.45) is 3.61. The predicted octanol–water partition coefficient (Wildman–Crippen LogP) is 4.79. The smallest absolute Gasteiger partial charge is 0.139 e. The Labute approximate surface area is 131 Å². The zero-order valence-corrected chi connectivity index (χ0v) is 13.7. The summed E-state index contributed by atoms with van der Waals surface area (Å²) in [5.41, 5.74) is 0. The average Bonchev–Trinajstić information content (AvgIpc) is 2.97. The monoisotopic (exact) mass is 315 g/mol. The van der Waals surface area contributed by atoms with Crippen LogP contribution in [-0.2, 0) is 0 Å². The number of halogens is 2. The van der Waals surface area contributed by atoms with Crippen LogP contribution in [0, 0.1) is 11.8 Å². The van der Waals surface area contributed by atoms with Crippen molar-refractivity contribution in [1.29, 1.82) is 0 Å². The van der Waals surface area contributed by atoms with E-state index in [1.54, 1.807) is 6.07 Å². The second-order valence-corrected chi connectivity index (χ2v) is 6.25. The molecule has 20 heavy (non-hydrogen) atoms. The van der Waals surface area contributed by atoms with Crippen molar-refractivity contribution in [2.75, 3.05) is 13.1 Å². The van der Waals surface area contributed by atoms with Gasteiger partial charge in [-0.15, -0.1) is 0 Å². The third-order valence-corrected chi connectivity index (χ3v) is 5.06. The molecule has 0 amide bonds. The van der Waals surface area contributed by atoms with Crippen LogP contribution >= 0.6 is 23.2 Å². The van der Waals surface area contributed by atoms with E-state index in [1.807, 2.05) is 12.1 Å². The lowest BCUT2D eigenvalue weighted by Crippen LogP contribution is -2.35. The lowest BCUT2D eigenvalue weighted by Gasteiger charge is -2.31. The zero-order chi connectivity index (χ0) is 14.5. The van der Waals surface area contributed by atoms with Crippen molar-refractivity contribution >= 4 is 23.2 Å². The minimum absolute atomic E-state index is 0.205. The summed E-state index contributed by atoms with van der Waals surface area (Å²) in [5.74, 6) is 1.81. The Morgan fingerprint density at radius 1 is 1.30 bits per heavy atom. The Morgan fingerprint density at radius 3 is 2.65 bits per heavy atom. The SMILES string of the molecule is CCC(CC)[C@H](Oc1cccc(Cl)c1Cl)C1CCNC1. The molecule has 4 heteroatoms. The van der Waals surface area contributed by atoms with Gasteiger partial charge < -0.3 is 10.1 Å². The third kappa shape index (κ3) is 3.60. The largest absolute Gasteiger partial charge is 0.488 e. The van der Waals surface area contributed by atoms with Crippen LogP contribution in [0.1, 0.15) is 33.1 Å². The summed E-state index contributed by atoms with van der Waals surface area (Å²) in [5, 5.41) is 4.51. The van der Waals surface area contributed by atoms with Gasteiger partial charge in [-0.3, -0.25) is 0 Å². The van der Waals surface area contributed by atoms with Crippen molar-refractivity contribution in [1.82, 2.24) is 5.32 Å². The Bertz CT molecular complexity index is 426. The highest BCUT2D eigenvalue weighted by Gasteiger charge is 2.32.